The summed E-state index contributed by atoms with van der Waals surface area (Å²) < 4.78 is 0. The smallest absolute Gasteiger partial charge is 0.0146 e. The normalized spacial score (nSPS) is 26.5. The molecule has 15 heavy (non-hydrogen) atoms. The minimum atomic E-state index is 0.539. The van der Waals surface area contributed by atoms with E-state index in [1.807, 2.05) is 0 Å². The Morgan fingerprint density at radius 2 is 1.60 bits per heavy atom. The van der Waals surface area contributed by atoms with Gasteiger partial charge < -0.3 is 0 Å². The molecule has 1 fully saturated rings. The van der Waals surface area contributed by atoms with Crippen molar-refractivity contribution in [2.75, 3.05) is 0 Å². The topological polar surface area (TPSA) is 0 Å². The molecule has 0 aromatic heterocycles. The zero-order valence-electron chi connectivity index (χ0n) is 10.8. The van der Waals surface area contributed by atoms with Crippen LogP contribution in [0.25, 0.3) is 0 Å². The molecule has 0 heteroatoms. The zero-order chi connectivity index (χ0) is 11.3. The molecule has 1 aliphatic carbocycles. The van der Waals surface area contributed by atoms with E-state index >= 15 is 0 Å². The lowest BCUT2D eigenvalue weighted by atomic mass is 9.76. The van der Waals surface area contributed by atoms with Crippen LogP contribution in [-0.2, 0) is 0 Å². The predicted octanol–water partition coefficient (Wildman–Crippen LogP) is 4.50. The van der Waals surface area contributed by atoms with E-state index in [0.717, 1.165) is 24.2 Å². The maximum atomic E-state index is 3.35. The van der Waals surface area contributed by atoms with Gasteiger partial charge in [0.15, 0.2) is 0 Å². The Labute approximate surface area is 95.8 Å². The SMILES string of the molecule is CC(C)C#CCC1CCC(C(C)C)CC1. The molecule has 1 aliphatic rings. The van der Waals surface area contributed by atoms with Gasteiger partial charge in [0.05, 0.1) is 0 Å². The molecule has 0 aromatic rings. The number of hydrogen-bond donors (Lipinski definition) is 0. The van der Waals surface area contributed by atoms with E-state index in [1.54, 1.807) is 0 Å². The first-order valence-corrected chi connectivity index (χ1v) is 6.58. The van der Waals surface area contributed by atoms with Crippen LogP contribution in [0.3, 0.4) is 0 Å². The van der Waals surface area contributed by atoms with E-state index in [2.05, 4.69) is 39.5 Å². The van der Waals surface area contributed by atoms with E-state index in [4.69, 9.17) is 0 Å². The fourth-order valence-electron chi connectivity index (χ4n) is 2.47. The summed E-state index contributed by atoms with van der Waals surface area (Å²) >= 11 is 0. The van der Waals surface area contributed by atoms with Crippen LogP contribution in [0.5, 0.6) is 0 Å². The van der Waals surface area contributed by atoms with Crippen molar-refractivity contribution in [3.05, 3.63) is 0 Å². The van der Waals surface area contributed by atoms with Gasteiger partial charge in [-0.3, -0.25) is 0 Å². The Bertz CT molecular complexity index is 218. The van der Waals surface area contributed by atoms with Gasteiger partial charge in [0.2, 0.25) is 0 Å². The van der Waals surface area contributed by atoms with Crippen molar-refractivity contribution in [2.24, 2.45) is 23.7 Å². The van der Waals surface area contributed by atoms with Crippen LogP contribution >= 0.6 is 0 Å². The minimum absolute atomic E-state index is 0.539. The van der Waals surface area contributed by atoms with Gasteiger partial charge in [0.1, 0.15) is 0 Å². The van der Waals surface area contributed by atoms with Gasteiger partial charge in [-0.2, -0.15) is 0 Å². The van der Waals surface area contributed by atoms with Crippen molar-refractivity contribution in [3.63, 3.8) is 0 Å². The molecule has 0 nitrogen and oxygen atoms in total. The Morgan fingerprint density at radius 3 is 2.07 bits per heavy atom. The molecule has 0 N–H and O–H groups in total. The van der Waals surface area contributed by atoms with Gasteiger partial charge in [-0.1, -0.05) is 27.7 Å². The molecular weight excluding hydrogens is 180 g/mol. The van der Waals surface area contributed by atoms with Gasteiger partial charge in [0, 0.05) is 12.3 Å². The molecule has 0 aromatic carbocycles. The van der Waals surface area contributed by atoms with Crippen LogP contribution in [-0.4, -0.2) is 0 Å². The van der Waals surface area contributed by atoms with Crippen molar-refractivity contribution in [3.8, 4) is 11.8 Å². The van der Waals surface area contributed by atoms with Crippen molar-refractivity contribution in [1.29, 1.82) is 0 Å². The highest BCUT2D eigenvalue weighted by Gasteiger charge is 2.22. The first-order chi connectivity index (χ1) is 7.09. The molecule has 0 radical (unpaired) electrons. The minimum Gasteiger partial charge on any atom is -0.103 e. The summed E-state index contributed by atoms with van der Waals surface area (Å²) in [6, 6.07) is 0. The van der Waals surface area contributed by atoms with E-state index < -0.39 is 0 Å². The lowest BCUT2D eigenvalue weighted by molar-refractivity contribution is 0.226. The molecule has 0 atom stereocenters. The standard InChI is InChI=1S/C15H26/c1-12(2)6-5-7-14-8-10-15(11-9-14)13(3)4/h12-15H,7-11H2,1-4H3. The average Bonchev–Trinajstić information content (AvgIpc) is 2.18. The summed E-state index contributed by atoms with van der Waals surface area (Å²) in [7, 11) is 0. The molecule has 0 spiro atoms. The van der Waals surface area contributed by atoms with Gasteiger partial charge in [-0.05, 0) is 43.4 Å². The zero-order valence-corrected chi connectivity index (χ0v) is 10.8. The summed E-state index contributed by atoms with van der Waals surface area (Å²) in [6.45, 7) is 9.07. The van der Waals surface area contributed by atoms with Crippen molar-refractivity contribution < 1.29 is 0 Å². The number of hydrogen-bond acceptors (Lipinski definition) is 0. The molecule has 0 heterocycles. The summed E-state index contributed by atoms with van der Waals surface area (Å²) in [6.07, 6.45) is 6.84. The van der Waals surface area contributed by atoms with E-state index in [0.29, 0.717) is 5.92 Å². The summed E-state index contributed by atoms with van der Waals surface area (Å²) in [5.41, 5.74) is 0. The van der Waals surface area contributed by atoms with Gasteiger partial charge >= 0.3 is 0 Å². The number of rotatable bonds is 2. The molecule has 1 saturated carbocycles. The Hall–Kier alpha value is -0.440. The van der Waals surface area contributed by atoms with Gasteiger partial charge in [-0.25, -0.2) is 0 Å². The van der Waals surface area contributed by atoms with E-state index in [9.17, 15) is 0 Å². The fourth-order valence-corrected chi connectivity index (χ4v) is 2.47. The molecule has 1 rings (SSSR count). The molecule has 0 unspecified atom stereocenters. The maximum absolute atomic E-state index is 3.35. The second-order valence-electron chi connectivity index (χ2n) is 5.70. The largest absolute Gasteiger partial charge is 0.103 e. The van der Waals surface area contributed by atoms with Crippen molar-refractivity contribution in [2.45, 2.75) is 59.8 Å². The highest BCUT2D eigenvalue weighted by atomic mass is 14.3. The average molecular weight is 206 g/mol. The third kappa shape index (κ3) is 4.74. The lowest BCUT2D eigenvalue weighted by Gasteiger charge is -2.29. The van der Waals surface area contributed by atoms with Crippen LogP contribution in [0.2, 0.25) is 0 Å². The molecule has 0 bridgehead atoms. The molecule has 0 aliphatic heterocycles. The quantitative estimate of drug-likeness (QED) is 0.584. The highest BCUT2D eigenvalue weighted by Crippen LogP contribution is 2.34. The highest BCUT2D eigenvalue weighted by molar-refractivity contribution is 5.02. The predicted molar refractivity (Wildman–Crippen MR) is 67.5 cm³/mol. The Balaban J connectivity index is 2.24. The third-order valence-corrected chi connectivity index (χ3v) is 3.62. The van der Waals surface area contributed by atoms with Crippen LogP contribution in [0.1, 0.15) is 59.8 Å². The third-order valence-electron chi connectivity index (χ3n) is 3.62. The van der Waals surface area contributed by atoms with Crippen molar-refractivity contribution >= 4 is 0 Å². The monoisotopic (exact) mass is 206 g/mol. The maximum Gasteiger partial charge on any atom is 0.0146 e. The van der Waals surface area contributed by atoms with Crippen LogP contribution in [0.15, 0.2) is 0 Å². The molecule has 86 valence electrons. The van der Waals surface area contributed by atoms with E-state index in [-0.39, 0.29) is 0 Å². The Morgan fingerprint density at radius 1 is 1.00 bits per heavy atom. The first-order valence-electron chi connectivity index (χ1n) is 6.58. The Kier molecular flexibility index (Phi) is 5.23. The van der Waals surface area contributed by atoms with Crippen molar-refractivity contribution in [1.82, 2.24) is 0 Å². The van der Waals surface area contributed by atoms with Gasteiger partial charge in [0.25, 0.3) is 0 Å². The van der Waals surface area contributed by atoms with Gasteiger partial charge in [-0.15, -0.1) is 11.8 Å². The fraction of sp³-hybridized carbons (Fsp3) is 0.867. The van der Waals surface area contributed by atoms with Crippen LogP contribution in [0, 0.1) is 35.5 Å². The van der Waals surface area contributed by atoms with Crippen LogP contribution < -0.4 is 0 Å². The summed E-state index contributed by atoms with van der Waals surface area (Å²) in [5, 5.41) is 0. The van der Waals surface area contributed by atoms with Crippen LogP contribution in [0.4, 0.5) is 0 Å². The molecular formula is C15H26. The summed E-state index contributed by atoms with van der Waals surface area (Å²) in [4.78, 5) is 0. The molecule has 0 saturated heterocycles. The second-order valence-corrected chi connectivity index (χ2v) is 5.70. The first kappa shape index (κ1) is 12.6. The second kappa shape index (κ2) is 6.21. The summed E-state index contributed by atoms with van der Waals surface area (Å²) in [5.74, 6) is 9.93. The lowest BCUT2D eigenvalue weighted by Crippen LogP contribution is -2.18. The van der Waals surface area contributed by atoms with E-state index in [1.165, 1.54) is 25.7 Å². The molecule has 0 amide bonds.